The molecule has 0 saturated carbocycles. The zero-order valence-corrected chi connectivity index (χ0v) is 17.9. The number of piperidine rings is 1. The van der Waals surface area contributed by atoms with Crippen molar-refractivity contribution in [1.29, 1.82) is 0 Å². The Hall–Kier alpha value is -3.65. The molecule has 8 nitrogen and oxygen atoms in total. The molecule has 1 amide bonds. The van der Waals surface area contributed by atoms with E-state index in [4.69, 9.17) is 5.73 Å². The first-order chi connectivity index (χ1) is 15.5. The van der Waals surface area contributed by atoms with Crippen LogP contribution in [0.4, 0.5) is 11.6 Å². The van der Waals surface area contributed by atoms with Crippen LogP contribution in [0.1, 0.15) is 35.7 Å². The lowest BCUT2D eigenvalue weighted by Crippen LogP contribution is -2.40. The van der Waals surface area contributed by atoms with Gasteiger partial charge in [0.15, 0.2) is 0 Å². The van der Waals surface area contributed by atoms with Crippen molar-refractivity contribution in [3.05, 3.63) is 59.9 Å². The third-order valence-corrected chi connectivity index (χ3v) is 5.87. The minimum Gasteiger partial charge on any atom is -0.356 e. The van der Waals surface area contributed by atoms with Gasteiger partial charge in [0.2, 0.25) is 0 Å². The number of nitrogens with one attached hydrogen (secondary N) is 1. The van der Waals surface area contributed by atoms with Gasteiger partial charge in [-0.1, -0.05) is 12.1 Å². The number of benzene rings is 1. The quantitative estimate of drug-likeness (QED) is 0.665. The van der Waals surface area contributed by atoms with E-state index >= 15 is 0 Å². The van der Waals surface area contributed by atoms with Gasteiger partial charge in [-0.25, -0.2) is 9.97 Å². The standard InChI is InChI=1S/C24H25N7O/c1-15-27-14-21(29-15)16-2-3-18-13-28-22(11-19(18)10-16)30-24(32)17-4-7-26-23(12-17)31-8-5-20(25)6-9-31/h2-4,7,10-15,20H,5-6,8-9,25H2,1H3,(H,28,30,32). The molecule has 2 aliphatic heterocycles. The first-order valence-electron chi connectivity index (χ1n) is 10.8. The third-order valence-electron chi connectivity index (χ3n) is 5.87. The number of carbonyl (C=O) groups excluding carboxylic acids is 1. The third kappa shape index (κ3) is 4.22. The number of rotatable bonds is 4. The van der Waals surface area contributed by atoms with Crippen molar-refractivity contribution in [2.24, 2.45) is 15.7 Å². The summed E-state index contributed by atoms with van der Waals surface area (Å²) in [7, 11) is 0. The monoisotopic (exact) mass is 427 g/mol. The van der Waals surface area contributed by atoms with Crippen LogP contribution >= 0.6 is 0 Å². The number of hydrogen-bond donors (Lipinski definition) is 2. The second-order valence-electron chi connectivity index (χ2n) is 8.24. The average Bonchev–Trinajstić information content (AvgIpc) is 3.25. The van der Waals surface area contributed by atoms with E-state index in [9.17, 15) is 4.79 Å². The van der Waals surface area contributed by atoms with E-state index in [1.165, 1.54) is 0 Å². The lowest BCUT2D eigenvalue weighted by atomic mass is 10.1. The summed E-state index contributed by atoms with van der Waals surface area (Å²) >= 11 is 0. The molecule has 3 aromatic rings. The number of anilines is 2. The van der Waals surface area contributed by atoms with E-state index in [-0.39, 0.29) is 18.1 Å². The van der Waals surface area contributed by atoms with E-state index in [0.717, 1.165) is 53.8 Å². The molecule has 4 heterocycles. The average molecular weight is 428 g/mol. The second-order valence-corrected chi connectivity index (χ2v) is 8.24. The number of aromatic nitrogens is 2. The molecule has 2 aromatic heterocycles. The fourth-order valence-corrected chi connectivity index (χ4v) is 4.01. The summed E-state index contributed by atoms with van der Waals surface area (Å²) in [4.78, 5) is 32.7. The van der Waals surface area contributed by atoms with Crippen LogP contribution in [-0.4, -0.2) is 53.1 Å². The lowest BCUT2D eigenvalue weighted by Gasteiger charge is -2.31. The summed E-state index contributed by atoms with van der Waals surface area (Å²) in [6, 6.07) is 11.7. The van der Waals surface area contributed by atoms with Crippen LogP contribution in [0.3, 0.4) is 0 Å². The van der Waals surface area contributed by atoms with Gasteiger partial charge in [0.25, 0.3) is 5.91 Å². The van der Waals surface area contributed by atoms with Crippen LogP contribution in [0.15, 0.2) is 58.8 Å². The van der Waals surface area contributed by atoms with Crippen molar-refractivity contribution >= 4 is 40.2 Å². The number of carbonyl (C=O) groups is 1. The van der Waals surface area contributed by atoms with E-state index in [0.29, 0.717) is 11.4 Å². The Kier molecular flexibility index (Phi) is 5.36. The Morgan fingerprint density at radius 3 is 2.72 bits per heavy atom. The normalized spacial score (nSPS) is 18.8. The highest BCUT2D eigenvalue weighted by molar-refractivity contribution is 6.39. The maximum Gasteiger partial charge on any atom is 0.257 e. The molecular formula is C24H25N7O. The Labute approximate surface area is 186 Å². The molecule has 5 rings (SSSR count). The van der Waals surface area contributed by atoms with Gasteiger partial charge in [-0.2, -0.15) is 0 Å². The zero-order valence-electron chi connectivity index (χ0n) is 17.9. The molecule has 1 fully saturated rings. The molecule has 32 heavy (non-hydrogen) atoms. The van der Waals surface area contributed by atoms with Crippen LogP contribution in [0, 0.1) is 0 Å². The number of amides is 1. The molecule has 0 radical (unpaired) electrons. The van der Waals surface area contributed by atoms with Crippen LogP contribution < -0.4 is 16.0 Å². The zero-order chi connectivity index (χ0) is 22.1. The number of nitrogens with zero attached hydrogens (tertiary/aromatic N) is 5. The number of pyridine rings is 2. The molecule has 2 aliphatic rings. The van der Waals surface area contributed by atoms with Crippen LogP contribution in [0.5, 0.6) is 0 Å². The summed E-state index contributed by atoms with van der Waals surface area (Å²) in [5.41, 5.74) is 8.41. The highest BCUT2D eigenvalue weighted by Crippen LogP contribution is 2.22. The topological polar surface area (TPSA) is 109 Å². The number of hydrogen-bond acceptors (Lipinski definition) is 7. The fourth-order valence-electron chi connectivity index (χ4n) is 4.01. The van der Waals surface area contributed by atoms with Crippen LogP contribution in [0.2, 0.25) is 0 Å². The predicted octanol–water partition coefficient (Wildman–Crippen LogP) is 3.03. The Bertz CT molecular complexity index is 1230. The van der Waals surface area contributed by atoms with Crippen molar-refractivity contribution in [1.82, 2.24) is 9.97 Å². The molecule has 1 aromatic carbocycles. The molecule has 0 spiro atoms. The summed E-state index contributed by atoms with van der Waals surface area (Å²) < 4.78 is 0. The smallest absolute Gasteiger partial charge is 0.257 e. The summed E-state index contributed by atoms with van der Waals surface area (Å²) in [5, 5.41) is 4.88. The van der Waals surface area contributed by atoms with Gasteiger partial charge in [-0.05, 0) is 49.4 Å². The highest BCUT2D eigenvalue weighted by Gasteiger charge is 2.18. The van der Waals surface area contributed by atoms with Crippen LogP contribution in [0.25, 0.3) is 10.8 Å². The Balaban J connectivity index is 1.35. The number of fused-ring (bicyclic) bond motifs is 1. The maximum absolute atomic E-state index is 12.9. The van der Waals surface area contributed by atoms with Crippen molar-refractivity contribution < 1.29 is 4.79 Å². The van der Waals surface area contributed by atoms with E-state index in [1.54, 1.807) is 24.7 Å². The molecule has 162 valence electrons. The van der Waals surface area contributed by atoms with Gasteiger partial charge in [0.05, 0.1) is 5.71 Å². The maximum atomic E-state index is 12.9. The largest absolute Gasteiger partial charge is 0.356 e. The minimum atomic E-state index is -0.216. The molecule has 0 aliphatic carbocycles. The predicted molar refractivity (Wildman–Crippen MR) is 128 cm³/mol. The molecular weight excluding hydrogens is 402 g/mol. The van der Waals surface area contributed by atoms with E-state index in [2.05, 4.69) is 30.2 Å². The molecule has 1 atom stereocenters. The summed E-state index contributed by atoms with van der Waals surface area (Å²) in [6.07, 6.45) is 7.05. The van der Waals surface area contributed by atoms with Gasteiger partial charge < -0.3 is 16.0 Å². The van der Waals surface area contributed by atoms with E-state index in [1.807, 2.05) is 37.3 Å². The SMILES string of the molecule is CC1N=CC(c2ccc3cnc(NC(=O)c4ccnc(N5CCC(N)CC5)c4)cc3c2)=N1. The van der Waals surface area contributed by atoms with Gasteiger partial charge in [-0.15, -0.1) is 0 Å². The lowest BCUT2D eigenvalue weighted by molar-refractivity contribution is 0.102. The van der Waals surface area contributed by atoms with Crippen LogP contribution in [-0.2, 0) is 0 Å². The number of aliphatic imine (C=N–C) groups is 2. The first-order valence-corrected chi connectivity index (χ1v) is 10.8. The first kappa shape index (κ1) is 20.3. The highest BCUT2D eigenvalue weighted by atomic mass is 16.1. The fraction of sp³-hybridized carbons (Fsp3) is 0.292. The summed E-state index contributed by atoms with van der Waals surface area (Å²) in [6.45, 7) is 3.65. The molecule has 1 saturated heterocycles. The van der Waals surface area contributed by atoms with Crippen molar-refractivity contribution in [3.63, 3.8) is 0 Å². The Morgan fingerprint density at radius 1 is 1.09 bits per heavy atom. The summed E-state index contributed by atoms with van der Waals surface area (Å²) in [5.74, 6) is 1.08. The van der Waals surface area contributed by atoms with Crippen molar-refractivity contribution in [2.75, 3.05) is 23.3 Å². The van der Waals surface area contributed by atoms with Gasteiger partial charge >= 0.3 is 0 Å². The van der Waals surface area contributed by atoms with Gasteiger partial charge in [0, 0.05) is 54.3 Å². The van der Waals surface area contributed by atoms with Crippen molar-refractivity contribution in [2.45, 2.75) is 32.0 Å². The molecule has 1 unspecified atom stereocenters. The van der Waals surface area contributed by atoms with Crippen molar-refractivity contribution in [3.8, 4) is 0 Å². The number of nitrogens with two attached hydrogens (primary N) is 1. The molecule has 8 heteroatoms. The van der Waals surface area contributed by atoms with Gasteiger partial charge in [0.1, 0.15) is 17.8 Å². The van der Waals surface area contributed by atoms with Gasteiger partial charge in [-0.3, -0.25) is 14.8 Å². The Morgan fingerprint density at radius 2 is 1.94 bits per heavy atom. The minimum absolute atomic E-state index is 0.0418. The second kappa shape index (κ2) is 8.47. The van der Waals surface area contributed by atoms with E-state index < -0.39 is 0 Å². The molecule has 0 bridgehead atoms. The molecule has 3 N–H and O–H groups in total.